The zero-order chi connectivity index (χ0) is 19.4. The number of anilines is 1. The molecule has 0 fully saturated rings. The van der Waals surface area contributed by atoms with Crippen molar-refractivity contribution in [3.8, 4) is 0 Å². The van der Waals surface area contributed by atoms with E-state index in [0.717, 1.165) is 15.4 Å². The minimum Gasteiger partial charge on any atom is -0.376 e. The monoisotopic (exact) mass is 370 g/mol. The highest BCUT2D eigenvalue weighted by Crippen LogP contribution is 2.25. The van der Waals surface area contributed by atoms with E-state index in [1.165, 1.54) is 20.2 Å². The van der Waals surface area contributed by atoms with Crippen LogP contribution < -0.4 is 16.0 Å². The SMILES string of the molecule is Cc1cc(S(=O)(=O)N(C)C)cc(NCC(=O)NC(=O)NC(C)C)c1C. The molecule has 1 aromatic carbocycles. The van der Waals surface area contributed by atoms with Crippen LogP contribution >= 0.6 is 0 Å². The molecule has 0 saturated carbocycles. The summed E-state index contributed by atoms with van der Waals surface area (Å²) >= 11 is 0. The number of carbonyl (C=O) groups is 2. The molecule has 1 rings (SSSR count). The first-order chi connectivity index (χ1) is 11.4. The fraction of sp³-hybridized carbons (Fsp3) is 0.500. The maximum atomic E-state index is 12.3. The maximum Gasteiger partial charge on any atom is 0.321 e. The molecule has 3 N–H and O–H groups in total. The summed E-state index contributed by atoms with van der Waals surface area (Å²) in [7, 11) is -0.668. The summed E-state index contributed by atoms with van der Waals surface area (Å²) in [5.74, 6) is -0.518. The lowest BCUT2D eigenvalue weighted by atomic mass is 10.1. The summed E-state index contributed by atoms with van der Waals surface area (Å²) < 4.78 is 25.7. The number of carbonyl (C=O) groups excluding carboxylic acids is 2. The normalized spacial score (nSPS) is 11.5. The molecule has 3 amide bonds. The topological polar surface area (TPSA) is 108 Å². The lowest BCUT2D eigenvalue weighted by molar-refractivity contribution is -0.118. The van der Waals surface area contributed by atoms with E-state index in [1.807, 2.05) is 6.92 Å². The maximum absolute atomic E-state index is 12.3. The third-order valence-corrected chi connectivity index (χ3v) is 5.32. The first-order valence-electron chi connectivity index (χ1n) is 7.83. The number of aryl methyl sites for hydroxylation is 1. The molecule has 0 heterocycles. The highest BCUT2D eigenvalue weighted by Gasteiger charge is 2.19. The molecule has 0 unspecified atom stereocenters. The molecule has 0 atom stereocenters. The Kier molecular flexibility index (Phi) is 6.95. The van der Waals surface area contributed by atoms with Crippen molar-refractivity contribution < 1.29 is 18.0 Å². The molecular formula is C16H26N4O4S. The van der Waals surface area contributed by atoms with E-state index >= 15 is 0 Å². The van der Waals surface area contributed by atoms with Crippen LogP contribution in [0.3, 0.4) is 0 Å². The van der Waals surface area contributed by atoms with E-state index in [-0.39, 0.29) is 17.5 Å². The molecule has 0 saturated heterocycles. The number of sulfonamides is 1. The number of nitrogens with zero attached hydrogens (tertiary/aromatic N) is 1. The van der Waals surface area contributed by atoms with Crippen molar-refractivity contribution in [3.05, 3.63) is 23.3 Å². The number of urea groups is 1. The van der Waals surface area contributed by atoms with Crippen molar-refractivity contribution in [2.24, 2.45) is 0 Å². The Hall–Kier alpha value is -2.13. The van der Waals surface area contributed by atoms with Crippen molar-refractivity contribution in [1.29, 1.82) is 0 Å². The largest absolute Gasteiger partial charge is 0.376 e. The molecule has 0 aliphatic heterocycles. The summed E-state index contributed by atoms with van der Waals surface area (Å²) in [4.78, 5) is 23.5. The second kappa shape index (κ2) is 8.30. The third-order valence-electron chi connectivity index (χ3n) is 3.53. The zero-order valence-electron chi connectivity index (χ0n) is 15.4. The zero-order valence-corrected chi connectivity index (χ0v) is 16.2. The fourth-order valence-corrected chi connectivity index (χ4v) is 3.03. The van der Waals surface area contributed by atoms with Gasteiger partial charge in [0.05, 0.1) is 11.4 Å². The molecule has 25 heavy (non-hydrogen) atoms. The van der Waals surface area contributed by atoms with Gasteiger partial charge in [0, 0.05) is 25.8 Å². The van der Waals surface area contributed by atoms with Crippen LogP contribution in [0.2, 0.25) is 0 Å². The van der Waals surface area contributed by atoms with Gasteiger partial charge in [-0.05, 0) is 51.0 Å². The number of hydrogen-bond acceptors (Lipinski definition) is 5. The van der Waals surface area contributed by atoms with Gasteiger partial charge in [-0.1, -0.05) is 0 Å². The van der Waals surface area contributed by atoms with Crippen LogP contribution in [-0.4, -0.2) is 51.3 Å². The number of rotatable bonds is 6. The quantitative estimate of drug-likeness (QED) is 0.697. The number of imide groups is 1. The molecule has 0 spiro atoms. The van der Waals surface area contributed by atoms with Gasteiger partial charge >= 0.3 is 6.03 Å². The van der Waals surface area contributed by atoms with Crippen molar-refractivity contribution in [3.63, 3.8) is 0 Å². The Morgan fingerprint density at radius 3 is 2.28 bits per heavy atom. The van der Waals surface area contributed by atoms with Gasteiger partial charge in [0.15, 0.2) is 0 Å². The minimum atomic E-state index is -3.58. The number of benzene rings is 1. The highest BCUT2D eigenvalue weighted by molar-refractivity contribution is 7.89. The van der Waals surface area contributed by atoms with Gasteiger partial charge < -0.3 is 10.6 Å². The van der Waals surface area contributed by atoms with Crippen LogP contribution in [0.15, 0.2) is 17.0 Å². The van der Waals surface area contributed by atoms with Gasteiger partial charge in [0.2, 0.25) is 15.9 Å². The van der Waals surface area contributed by atoms with E-state index in [0.29, 0.717) is 5.69 Å². The average molecular weight is 370 g/mol. The Balaban J connectivity index is 2.91. The average Bonchev–Trinajstić information content (AvgIpc) is 2.47. The molecule has 0 bridgehead atoms. The van der Waals surface area contributed by atoms with Crippen LogP contribution in [-0.2, 0) is 14.8 Å². The molecule has 0 radical (unpaired) electrons. The second-order valence-electron chi connectivity index (χ2n) is 6.23. The lowest BCUT2D eigenvalue weighted by Gasteiger charge is -2.17. The summed E-state index contributed by atoms with van der Waals surface area (Å²) in [6.07, 6.45) is 0. The van der Waals surface area contributed by atoms with Crippen LogP contribution in [0.5, 0.6) is 0 Å². The molecule has 9 heteroatoms. The van der Waals surface area contributed by atoms with Gasteiger partial charge in [-0.15, -0.1) is 0 Å². The fourth-order valence-electron chi connectivity index (χ4n) is 2.01. The first kappa shape index (κ1) is 20.9. The lowest BCUT2D eigenvalue weighted by Crippen LogP contribution is -2.44. The predicted octanol–water partition coefficient (Wildman–Crippen LogP) is 1.20. The summed E-state index contributed by atoms with van der Waals surface area (Å²) in [5.41, 5.74) is 2.14. The van der Waals surface area contributed by atoms with E-state index in [4.69, 9.17) is 0 Å². The number of hydrogen-bond donors (Lipinski definition) is 3. The van der Waals surface area contributed by atoms with E-state index in [9.17, 15) is 18.0 Å². The highest BCUT2D eigenvalue weighted by atomic mass is 32.2. The summed E-state index contributed by atoms with van der Waals surface area (Å²) in [5, 5.41) is 7.64. The number of amides is 3. The molecule has 0 aromatic heterocycles. The Morgan fingerprint density at radius 1 is 1.16 bits per heavy atom. The predicted molar refractivity (Wildman–Crippen MR) is 97.1 cm³/mol. The molecule has 1 aromatic rings. The standard InChI is InChI=1S/C16H26N4O4S/c1-10(2)18-16(22)19-15(21)9-17-14-8-13(7-11(3)12(14)4)25(23,24)20(5)6/h7-8,10,17H,9H2,1-6H3,(H2,18,19,21,22). The third kappa shape index (κ3) is 5.71. The molecule has 0 aliphatic carbocycles. The smallest absolute Gasteiger partial charge is 0.321 e. The van der Waals surface area contributed by atoms with Crippen molar-refractivity contribution in [2.45, 2.75) is 38.6 Å². The van der Waals surface area contributed by atoms with Gasteiger partial charge in [-0.3, -0.25) is 10.1 Å². The molecule has 140 valence electrons. The molecular weight excluding hydrogens is 344 g/mol. The van der Waals surface area contributed by atoms with Gasteiger partial charge in [-0.2, -0.15) is 0 Å². The summed E-state index contributed by atoms with van der Waals surface area (Å²) in [6, 6.07) is 2.42. The van der Waals surface area contributed by atoms with Crippen molar-refractivity contribution in [2.75, 3.05) is 26.0 Å². The number of nitrogens with one attached hydrogen (secondary N) is 3. The molecule has 0 aliphatic rings. The van der Waals surface area contributed by atoms with Crippen LogP contribution in [0, 0.1) is 13.8 Å². The van der Waals surface area contributed by atoms with E-state index in [2.05, 4.69) is 16.0 Å². The summed E-state index contributed by atoms with van der Waals surface area (Å²) in [6.45, 7) is 7.03. The Bertz CT molecular complexity index is 758. The van der Waals surface area contributed by atoms with Crippen LogP contribution in [0.25, 0.3) is 0 Å². The van der Waals surface area contributed by atoms with Gasteiger partial charge in [0.25, 0.3) is 0 Å². The van der Waals surface area contributed by atoms with Gasteiger partial charge in [-0.25, -0.2) is 17.5 Å². The minimum absolute atomic E-state index is 0.0847. The van der Waals surface area contributed by atoms with Crippen molar-refractivity contribution >= 4 is 27.6 Å². The first-order valence-corrected chi connectivity index (χ1v) is 9.27. The van der Waals surface area contributed by atoms with Gasteiger partial charge in [0.1, 0.15) is 0 Å². The second-order valence-corrected chi connectivity index (χ2v) is 8.38. The van der Waals surface area contributed by atoms with Crippen LogP contribution in [0.4, 0.5) is 10.5 Å². The van der Waals surface area contributed by atoms with Crippen LogP contribution in [0.1, 0.15) is 25.0 Å². The molecule has 8 nitrogen and oxygen atoms in total. The van der Waals surface area contributed by atoms with E-state index < -0.39 is 22.0 Å². The Morgan fingerprint density at radius 2 is 1.76 bits per heavy atom. The Labute approximate surface area is 149 Å². The van der Waals surface area contributed by atoms with E-state index in [1.54, 1.807) is 26.8 Å². The van der Waals surface area contributed by atoms with Crippen molar-refractivity contribution in [1.82, 2.24) is 14.9 Å².